The summed E-state index contributed by atoms with van der Waals surface area (Å²) in [4.78, 5) is 15.0. The van der Waals surface area contributed by atoms with Crippen LogP contribution in [0.2, 0.25) is 0 Å². The van der Waals surface area contributed by atoms with Crippen molar-refractivity contribution in [3.05, 3.63) is 66.6 Å². The molecule has 0 bridgehead atoms. The van der Waals surface area contributed by atoms with Crippen LogP contribution in [-0.2, 0) is 6.42 Å². The molecule has 0 fully saturated rings. The Bertz CT molecular complexity index is 810. The number of ether oxygens (including phenoxy) is 1. The predicted molar refractivity (Wildman–Crippen MR) is 99.5 cm³/mol. The molecule has 0 unspecified atom stereocenters. The number of likely N-dealkylation sites (N-methyl/N-ethyl adjacent to an activating group) is 1. The largest absolute Gasteiger partial charge is 0.495 e. The first-order valence-electron chi connectivity index (χ1n) is 8.09. The number of benzene rings is 1. The van der Waals surface area contributed by atoms with Crippen molar-refractivity contribution in [3.8, 4) is 5.75 Å². The first kappa shape index (κ1) is 16.7. The van der Waals surface area contributed by atoms with Gasteiger partial charge in [0.05, 0.1) is 12.8 Å². The van der Waals surface area contributed by atoms with E-state index in [0.29, 0.717) is 5.95 Å². The molecule has 0 aliphatic carbocycles. The van der Waals surface area contributed by atoms with E-state index in [4.69, 9.17) is 4.74 Å². The van der Waals surface area contributed by atoms with Crippen molar-refractivity contribution in [2.75, 3.05) is 30.9 Å². The molecule has 2 heterocycles. The third-order valence-electron chi connectivity index (χ3n) is 3.84. The Hall–Kier alpha value is -3.15. The Morgan fingerprint density at radius 2 is 1.84 bits per heavy atom. The van der Waals surface area contributed by atoms with Crippen LogP contribution in [0.5, 0.6) is 5.75 Å². The summed E-state index contributed by atoms with van der Waals surface area (Å²) in [5, 5.41) is 3.28. The van der Waals surface area contributed by atoms with Gasteiger partial charge in [0.25, 0.3) is 0 Å². The van der Waals surface area contributed by atoms with Crippen molar-refractivity contribution in [3.63, 3.8) is 0 Å². The maximum Gasteiger partial charge on any atom is 0.227 e. The van der Waals surface area contributed by atoms with E-state index in [2.05, 4.69) is 20.3 Å². The number of hydrogen-bond donors (Lipinski definition) is 1. The second-order valence-corrected chi connectivity index (χ2v) is 5.59. The second-order valence-electron chi connectivity index (χ2n) is 5.59. The number of hydrogen-bond acceptors (Lipinski definition) is 6. The summed E-state index contributed by atoms with van der Waals surface area (Å²) in [5.41, 5.74) is 2.11. The summed E-state index contributed by atoms with van der Waals surface area (Å²) in [6.45, 7) is 0.822. The van der Waals surface area contributed by atoms with Gasteiger partial charge in [0.15, 0.2) is 0 Å². The number of methoxy groups -OCH3 is 1. The Kier molecular flexibility index (Phi) is 5.41. The van der Waals surface area contributed by atoms with E-state index in [1.165, 1.54) is 5.56 Å². The predicted octanol–water partition coefficient (Wildman–Crippen LogP) is 3.30. The van der Waals surface area contributed by atoms with Gasteiger partial charge in [0.1, 0.15) is 11.6 Å². The Labute approximate surface area is 147 Å². The van der Waals surface area contributed by atoms with E-state index in [-0.39, 0.29) is 0 Å². The quantitative estimate of drug-likeness (QED) is 0.715. The lowest BCUT2D eigenvalue weighted by atomic mass is 10.2. The topological polar surface area (TPSA) is 63.2 Å². The molecule has 3 aromatic rings. The van der Waals surface area contributed by atoms with Crippen molar-refractivity contribution in [2.45, 2.75) is 6.42 Å². The van der Waals surface area contributed by atoms with E-state index in [9.17, 15) is 0 Å². The number of rotatable bonds is 7. The van der Waals surface area contributed by atoms with Gasteiger partial charge in [-0.2, -0.15) is 4.98 Å². The standard InChI is InChI=1S/C19H21N5O/c1-24(14-10-15-7-11-20-12-8-15)19-21-13-9-18(23-19)22-16-5-3-4-6-17(16)25-2/h3-9,11-13H,10,14H2,1-2H3,(H,21,22,23). The maximum atomic E-state index is 5.36. The average molecular weight is 335 g/mol. The van der Waals surface area contributed by atoms with Crippen LogP contribution in [0.4, 0.5) is 17.5 Å². The average Bonchev–Trinajstić information content (AvgIpc) is 2.67. The van der Waals surface area contributed by atoms with Gasteiger partial charge in [-0.15, -0.1) is 0 Å². The lowest BCUT2D eigenvalue weighted by Gasteiger charge is -2.18. The molecule has 0 aliphatic rings. The van der Waals surface area contributed by atoms with E-state index < -0.39 is 0 Å². The van der Waals surface area contributed by atoms with Gasteiger partial charge < -0.3 is 15.0 Å². The lowest BCUT2D eigenvalue weighted by molar-refractivity contribution is 0.417. The minimum atomic E-state index is 0.675. The van der Waals surface area contributed by atoms with Crippen LogP contribution in [0, 0.1) is 0 Å². The van der Waals surface area contributed by atoms with Crippen molar-refractivity contribution < 1.29 is 4.74 Å². The summed E-state index contributed by atoms with van der Waals surface area (Å²) < 4.78 is 5.36. The van der Waals surface area contributed by atoms with Crippen molar-refractivity contribution in [1.82, 2.24) is 15.0 Å². The van der Waals surface area contributed by atoms with Crippen molar-refractivity contribution in [2.24, 2.45) is 0 Å². The Balaban J connectivity index is 1.68. The second kappa shape index (κ2) is 8.10. The van der Waals surface area contributed by atoms with Gasteiger partial charge in [0, 0.05) is 32.2 Å². The monoisotopic (exact) mass is 335 g/mol. The van der Waals surface area contributed by atoms with E-state index in [1.54, 1.807) is 13.3 Å². The SMILES string of the molecule is COc1ccccc1Nc1ccnc(N(C)CCc2ccncc2)n1. The minimum absolute atomic E-state index is 0.675. The van der Waals surface area contributed by atoms with Crippen LogP contribution in [0.15, 0.2) is 61.1 Å². The fourth-order valence-electron chi connectivity index (χ4n) is 2.43. The third kappa shape index (κ3) is 4.44. The van der Waals surface area contributed by atoms with Crippen molar-refractivity contribution in [1.29, 1.82) is 0 Å². The normalized spacial score (nSPS) is 10.3. The lowest BCUT2D eigenvalue weighted by Crippen LogP contribution is -2.22. The number of anilines is 3. The minimum Gasteiger partial charge on any atom is -0.495 e. The molecule has 0 amide bonds. The molecular formula is C19H21N5O. The molecule has 0 atom stereocenters. The molecule has 2 aromatic heterocycles. The Morgan fingerprint density at radius 3 is 2.64 bits per heavy atom. The van der Waals surface area contributed by atoms with Gasteiger partial charge in [-0.1, -0.05) is 12.1 Å². The highest BCUT2D eigenvalue weighted by Crippen LogP contribution is 2.26. The molecule has 0 saturated heterocycles. The zero-order valence-corrected chi connectivity index (χ0v) is 14.4. The van der Waals surface area contributed by atoms with Gasteiger partial charge >= 0.3 is 0 Å². The van der Waals surface area contributed by atoms with Crippen LogP contribution in [-0.4, -0.2) is 35.7 Å². The number of nitrogens with one attached hydrogen (secondary N) is 1. The first-order valence-corrected chi connectivity index (χ1v) is 8.09. The van der Waals surface area contributed by atoms with E-state index in [1.807, 2.05) is 66.8 Å². The molecule has 128 valence electrons. The van der Waals surface area contributed by atoms with Crippen LogP contribution in [0.1, 0.15) is 5.56 Å². The fourth-order valence-corrected chi connectivity index (χ4v) is 2.43. The molecule has 0 saturated carbocycles. The van der Waals surface area contributed by atoms with E-state index in [0.717, 1.165) is 30.2 Å². The molecule has 1 N–H and O–H groups in total. The number of pyridine rings is 1. The summed E-state index contributed by atoms with van der Waals surface area (Å²) in [6, 6.07) is 13.6. The summed E-state index contributed by atoms with van der Waals surface area (Å²) in [7, 11) is 3.64. The number of nitrogens with zero attached hydrogens (tertiary/aromatic N) is 4. The molecule has 0 spiro atoms. The third-order valence-corrected chi connectivity index (χ3v) is 3.84. The Morgan fingerprint density at radius 1 is 1.04 bits per heavy atom. The summed E-state index contributed by atoms with van der Waals surface area (Å²) >= 11 is 0. The zero-order chi connectivity index (χ0) is 17.5. The van der Waals surface area contributed by atoms with Crippen LogP contribution in [0.25, 0.3) is 0 Å². The highest BCUT2D eigenvalue weighted by molar-refractivity contribution is 5.64. The van der Waals surface area contributed by atoms with Crippen LogP contribution in [0.3, 0.4) is 0 Å². The van der Waals surface area contributed by atoms with Crippen LogP contribution < -0.4 is 15.0 Å². The smallest absolute Gasteiger partial charge is 0.227 e. The molecule has 0 aliphatic heterocycles. The van der Waals surface area contributed by atoms with Gasteiger partial charge in [-0.25, -0.2) is 4.98 Å². The van der Waals surface area contributed by atoms with Gasteiger partial charge in [-0.05, 0) is 42.3 Å². The highest BCUT2D eigenvalue weighted by Gasteiger charge is 2.08. The molecular weight excluding hydrogens is 314 g/mol. The van der Waals surface area contributed by atoms with Crippen molar-refractivity contribution >= 4 is 17.5 Å². The zero-order valence-electron chi connectivity index (χ0n) is 14.4. The van der Waals surface area contributed by atoms with Gasteiger partial charge in [0.2, 0.25) is 5.95 Å². The fraction of sp³-hybridized carbons (Fsp3) is 0.211. The first-order chi connectivity index (χ1) is 12.3. The highest BCUT2D eigenvalue weighted by atomic mass is 16.5. The number of aromatic nitrogens is 3. The molecule has 0 radical (unpaired) electrons. The maximum absolute atomic E-state index is 5.36. The molecule has 1 aromatic carbocycles. The molecule has 6 nitrogen and oxygen atoms in total. The molecule has 6 heteroatoms. The van der Waals surface area contributed by atoms with E-state index >= 15 is 0 Å². The number of para-hydroxylation sites is 2. The summed E-state index contributed by atoms with van der Waals surface area (Å²) in [6.07, 6.45) is 6.28. The molecule has 25 heavy (non-hydrogen) atoms. The summed E-state index contributed by atoms with van der Waals surface area (Å²) in [5.74, 6) is 2.17. The van der Waals surface area contributed by atoms with Gasteiger partial charge in [-0.3, -0.25) is 4.98 Å². The molecule has 3 rings (SSSR count). The van der Waals surface area contributed by atoms with Crippen LogP contribution >= 0.6 is 0 Å².